The van der Waals surface area contributed by atoms with Crippen LogP contribution in [0.5, 0.6) is 0 Å². The summed E-state index contributed by atoms with van der Waals surface area (Å²) in [6.45, 7) is 0.132. The molecular formula is C13H10N4O2. The minimum Gasteiger partial charge on any atom is -0.464 e. The highest BCUT2D eigenvalue weighted by Gasteiger charge is 2.08. The lowest BCUT2D eigenvalue weighted by atomic mass is 10.1. The zero-order valence-corrected chi connectivity index (χ0v) is 10.2. The van der Waals surface area contributed by atoms with E-state index < -0.39 is 5.97 Å². The number of fused-ring (bicyclic) bond motifs is 1. The van der Waals surface area contributed by atoms with E-state index in [1.54, 1.807) is 6.07 Å². The Hall–Kier alpha value is -2.90. The summed E-state index contributed by atoms with van der Waals surface area (Å²) in [7, 11) is 1.33. The molecule has 1 aromatic carbocycles. The number of carbonyl (C=O) groups excluding carboxylic acids is 1. The molecule has 1 N–H and O–H groups in total. The highest BCUT2D eigenvalue weighted by Crippen LogP contribution is 2.17. The number of esters is 1. The van der Waals surface area contributed by atoms with E-state index in [1.807, 2.05) is 18.2 Å². The van der Waals surface area contributed by atoms with Crippen molar-refractivity contribution in [1.82, 2.24) is 4.98 Å². The maximum Gasteiger partial charge on any atom is 0.354 e. The van der Waals surface area contributed by atoms with Crippen molar-refractivity contribution < 1.29 is 9.53 Å². The van der Waals surface area contributed by atoms with Crippen LogP contribution in [0.2, 0.25) is 0 Å². The summed E-state index contributed by atoms with van der Waals surface area (Å²) in [5, 5.41) is 4.23. The average molecular weight is 254 g/mol. The van der Waals surface area contributed by atoms with Gasteiger partial charge in [0.25, 0.3) is 0 Å². The summed E-state index contributed by atoms with van der Waals surface area (Å²) >= 11 is 0. The van der Waals surface area contributed by atoms with Crippen LogP contribution in [0.15, 0.2) is 29.4 Å². The minimum absolute atomic E-state index is 0.132. The number of azide groups is 1. The third-order valence-electron chi connectivity index (χ3n) is 2.47. The van der Waals surface area contributed by atoms with E-state index in [4.69, 9.17) is 5.53 Å². The van der Waals surface area contributed by atoms with E-state index in [0.717, 1.165) is 16.5 Å². The Kier molecular flexibility index (Phi) is 3.72. The summed E-state index contributed by atoms with van der Waals surface area (Å²) in [5.74, 6) is 5.20. The quantitative estimate of drug-likeness (QED) is 0.293. The van der Waals surface area contributed by atoms with Gasteiger partial charge in [0, 0.05) is 21.4 Å². The number of aromatic nitrogens is 1. The Labute approximate surface area is 109 Å². The molecule has 2 aromatic rings. The average Bonchev–Trinajstić information content (AvgIpc) is 2.85. The number of rotatable bonds is 2. The van der Waals surface area contributed by atoms with Crippen LogP contribution in [0.3, 0.4) is 0 Å². The van der Waals surface area contributed by atoms with E-state index in [1.165, 1.54) is 7.11 Å². The second-order valence-electron chi connectivity index (χ2n) is 3.67. The number of benzene rings is 1. The molecule has 0 fully saturated rings. The molecule has 0 spiro atoms. The monoisotopic (exact) mass is 254 g/mol. The standard InChI is InChI=1S/C13H10N4O2/c1-19-13(18)12-8-10-5-4-9(7-11(10)16-12)3-2-6-15-17-14/h4-5,7-8,16H,6H2,1H3. The van der Waals surface area contributed by atoms with Crippen molar-refractivity contribution in [3.05, 3.63) is 46.0 Å². The van der Waals surface area contributed by atoms with E-state index in [-0.39, 0.29) is 6.54 Å². The molecule has 2 rings (SSSR count). The van der Waals surface area contributed by atoms with Gasteiger partial charge in [-0.25, -0.2) is 4.79 Å². The third kappa shape index (κ3) is 2.86. The van der Waals surface area contributed by atoms with Gasteiger partial charge in [0.1, 0.15) is 5.69 Å². The van der Waals surface area contributed by atoms with E-state index in [0.29, 0.717) is 5.69 Å². The molecule has 1 aromatic heterocycles. The van der Waals surface area contributed by atoms with Crippen LogP contribution in [0.25, 0.3) is 21.3 Å². The molecule has 6 nitrogen and oxygen atoms in total. The third-order valence-corrected chi connectivity index (χ3v) is 2.47. The number of hydrogen-bond acceptors (Lipinski definition) is 3. The first kappa shape index (κ1) is 12.6. The van der Waals surface area contributed by atoms with Crippen LogP contribution in [0.4, 0.5) is 0 Å². The van der Waals surface area contributed by atoms with Gasteiger partial charge in [-0.2, -0.15) is 0 Å². The van der Waals surface area contributed by atoms with Gasteiger partial charge in [0.2, 0.25) is 0 Å². The Morgan fingerprint density at radius 2 is 2.37 bits per heavy atom. The number of H-pyrrole nitrogens is 1. The lowest BCUT2D eigenvalue weighted by Crippen LogP contribution is -2.00. The first-order valence-corrected chi connectivity index (χ1v) is 5.45. The molecule has 94 valence electrons. The minimum atomic E-state index is -0.410. The molecule has 0 unspecified atom stereocenters. The Bertz CT molecular complexity index is 730. The molecule has 0 radical (unpaired) electrons. The van der Waals surface area contributed by atoms with Gasteiger partial charge in [-0.1, -0.05) is 23.0 Å². The molecule has 0 aliphatic rings. The van der Waals surface area contributed by atoms with Crippen molar-refractivity contribution >= 4 is 16.9 Å². The smallest absolute Gasteiger partial charge is 0.354 e. The summed E-state index contributed by atoms with van der Waals surface area (Å²) < 4.78 is 4.64. The van der Waals surface area contributed by atoms with Gasteiger partial charge in [-0.15, -0.1) is 0 Å². The van der Waals surface area contributed by atoms with Crippen LogP contribution >= 0.6 is 0 Å². The van der Waals surface area contributed by atoms with Crippen molar-refractivity contribution in [3.8, 4) is 11.8 Å². The van der Waals surface area contributed by atoms with Crippen LogP contribution < -0.4 is 0 Å². The number of carbonyl (C=O) groups is 1. The molecule has 0 saturated heterocycles. The van der Waals surface area contributed by atoms with Gasteiger partial charge in [-0.05, 0) is 23.7 Å². The van der Waals surface area contributed by atoms with E-state index in [9.17, 15) is 4.79 Å². The van der Waals surface area contributed by atoms with Gasteiger partial charge in [0.15, 0.2) is 0 Å². The molecule has 0 bridgehead atoms. The second-order valence-corrected chi connectivity index (χ2v) is 3.67. The molecule has 0 amide bonds. The van der Waals surface area contributed by atoms with Crippen LogP contribution in [-0.4, -0.2) is 24.6 Å². The highest BCUT2D eigenvalue weighted by atomic mass is 16.5. The number of ether oxygens (including phenoxy) is 1. The molecule has 0 aliphatic carbocycles. The summed E-state index contributed by atoms with van der Waals surface area (Å²) in [5.41, 5.74) is 10.1. The Morgan fingerprint density at radius 1 is 1.53 bits per heavy atom. The number of nitrogens with zero attached hydrogens (tertiary/aromatic N) is 3. The molecular weight excluding hydrogens is 244 g/mol. The lowest BCUT2D eigenvalue weighted by molar-refractivity contribution is 0.0595. The first-order valence-electron chi connectivity index (χ1n) is 5.45. The second kappa shape index (κ2) is 5.63. The van der Waals surface area contributed by atoms with Crippen molar-refractivity contribution in [1.29, 1.82) is 0 Å². The maximum atomic E-state index is 11.4. The largest absolute Gasteiger partial charge is 0.464 e. The summed E-state index contributed by atoms with van der Waals surface area (Å²) in [6.07, 6.45) is 0. The lowest BCUT2D eigenvalue weighted by Gasteiger charge is -1.92. The zero-order chi connectivity index (χ0) is 13.7. The molecule has 19 heavy (non-hydrogen) atoms. The van der Waals surface area contributed by atoms with Crippen LogP contribution in [0.1, 0.15) is 16.1 Å². The van der Waals surface area contributed by atoms with Crippen molar-refractivity contribution in [2.24, 2.45) is 5.11 Å². The van der Waals surface area contributed by atoms with Crippen LogP contribution in [-0.2, 0) is 4.74 Å². The highest BCUT2D eigenvalue weighted by molar-refractivity contribution is 5.95. The fourth-order valence-electron chi connectivity index (χ4n) is 1.63. The first-order chi connectivity index (χ1) is 9.24. The fourth-order valence-corrected chi connectivity index (χ4v) is 1.63. The normalized spacial score (nSPS) is 9.32. The number of methoxy groups -OCH3 is 1. The van der Waals surface area contributed by atoms with Crippen molar-refractivity contribution in [3.63, 3.8) is 0 Å². The zero-order valence-electron chi connectivity index (χ0n) is 10.2. The fraction of sp³-hybridized carbons (Fsp3) is 0.154. The molecule has 0 saturated carbocycles. The van der Waals surface area contributed by atoms with Gasteiger partial charge < -0.3 is 9.72 Å². The Morgan fingerprint density at radius 3 is 3.11 bits per heavy atom. The number of nitrogens with one attached hydrogen (secondary N) is 1. The van der Waals surface area contributed by atoms with Crippen LogP contribution in [0, 0.1) is 11.8 Å². The van der Waals surface area contributed by atoms with Gasteiger partial charge in [-0.3, -0.25) is 0 Å². The predicted octanol–water partition coefficient (Wildman–Crippen LogP) is 2.62. The molecule has 0 aliphatic heterocycles. The van der Waals surface area contributed by atoms with E-state index >= 15 is 0 Å². The Balaban J connectivity index is 2.31. The number of hydrogen-bond donors (Lipinski definition) is 1. The predicted molar refractivity (Wildman–Crippen MR) is 70.5 cm³/mol. The van der Waals surface area contributed by atoms with E-state index in [2.05, 4.69) is 31.6 Å². The summed E-state index contributed by atoms with van der Waals surface area (Å²) in [4.78, 5) is 17.0. The topological polar surface area (TPSA) is 90.8 Å². The van der Waals surface area contributed by atoms with Gasteiger partial charge >= 0.3 is 5.97 Å². The molecule has 6 heteroatoms. The SMILES string of the molecule is COC(=O)c1cc2ccc(C#CCN=[N+]=[N-])cc2[nH]1. The van der Waals surface area contributed by atoms with Crippen molar-refractivity contribution in [2.75, 3.05) is 13.7 Å². The number of aromatic amines is 1. The molecule has 0 atom stereocenters. The molecule has 1 heterocycles. The maximum absolute atomic E-state index is 11.4. The van der Waals surface area contributed by atoms with Crippen molar-refractivity contribution in [2.45, 2.75) is 0 Å². The summed E-state index contributed by atoms with van der Waals surface area (Å²) in [6, 6.07) is 7.24. The van der Waals surface area contributed by atoms with Gasteiger partial charge in [0.05, 0.1) is 13.7 Å².